The van der Waals surface area contributed by atoms with Crippen LogP contribution in [0.5, 0.6) is 0 Å². The fourth-order valence-electron chi connectivity index (χ4n) is 1.72. The lowest BCUT2D eigenvalue weighted by Gasteiger charge is -2.06. The van der Waals surface area contributed by atoms with Crippen molar-refractivity contribution >= 4 is 11.8 Å². The van der Waals surface area contributed by atoms with Crippen molar-refractivity contribution in [1.82, 2.24) is 20.2 Å². The fourth-order valence-corrected chi connectivity index (χ4v) is 2.77. The van der Waals surface area contributed by atoms with Gasteiger partial charge in [-0.1, -0.05) is 24.6 Å². The zero-order chi connectivity index (χ0) is 13.0. The molecule has 0 bridgehead atoms. The molecule has 0 radical (unpaired) electrons. The van der Waals surface area contributed by atoms with Gasteiger partial charge in [0.1, 0.15) is 0 Å². The maximum absolute atomic E-state index is 4.08. The molecule has 0 unspecified atom stereocenters. The van der Waals surface area contributed by atoms with E-state index in [0.717, 1.165) is 24.5 Å². The van der Waals surface area contributed by atoms with Crippen molar-refractivity contribution in [3.63, 3.8) is 0 Å². The van der Waals surface area contributed by atoms with Crippen LogP contribution in [0.1, 0.15) is 30.3 Å². The molecule has 2 rings (SSSR count). The Morgan fingerprint density at radius 3 is 2.89 bits per heavy atom. The Bertz CT molecular complexity index is 521. The van der Waals surface area contributed by atoms with Gasteiger partial charge < -0.3 is 0 Å². The number of rotatable bonds is 5. The second-order valence-corrected chi connectivity index (χ2v) is 5.39. The molecule has 0 spiro atoms. The zero-order valence-electron chi connectivity index (χ0n) is 11.1. The van der Waals surface area contributed by atoms with Crippen molar-refractivity contribution < 1.29 is 0 Å². The van der Waals surface area contributed by atoms with Crippen LogP contribution in [0.2, 0.25) is 0 Å². The first-order valence-electron chi connectivity index (χ1n) is 6.15. The molecule has 0 atom stereocenters. The molecule has 1 aromatic carbocycles. The van der Waals surface area contributed by atoms with Gasteiger partial charge in [-0.3, -0.25) is 0 Å². The van der Waals surface area contributed by atoms with Crippen LogP contribution in [0.3, 0.4) is 0 Å². The molecule has 0 fully saturated rings. The van der Waals surface area contributed by atoms with Gasteiger partial charge in [0, 0.05) is 11.4 Å². The Labute approximate surface area is 112 Å². The standard InChI is InChI=1S/C13H18N4S/c1-4-7-17-13(14-15-16-17)9-18-12-8-10(2)5-6-11(12)3/h5-6,8H,4,7,9H2,1-3H3. The van der Waals surface area contributed by atoms with E-state index in [1.54, 1.807) is 11.8 Å². The molecule has 0 aliphatic heterocycles. The molecule has 18 heavy (non-hydrogen) atoms. The van der Waals surface area contributed by atoms with Crippen molar-refractivity contribution in [2.75, 3.05) is 0 Å². The van der Waals surface area contributed by atoms with E-state index in [0.29, 0.717) is 0 Å². The number of hydrogen-bond acceptors (Lipinski definition) is 4. The predicted octanol–water partition coefficient (Wildman–Crippen LogP) is 2.99. The zero-order valence-corrected chi connectivity index (χ0v) is 11.9. The molecule has 0 N–H and O–H groups in total. The van der Waals surface area contributed by atoms with Crippen molar-refractivity contribution in [3.8, 4) is 0 Å². The third-order valence-corrected chi connectivity index (χ3v) is 3.90. The summed E-state index contributed by atoms with van der Waals surface area (Å²) in [6, 6.07) is 6.52. The number of thioether (sulfide) groups is 1. The molecule has 1 heterocycles. The van der Waals surface area contributed by atoms with Crippen LogP contribution < -0.4 is 0 Å². The van der Waals surface area contributed by atoms with Gasteiger partial charge in [0.2, 0.25) is 0 Å². The summed E-state index contributed by atoms with van der Waals surface area (Å²) in [6.07, 6.45) is 1.05. The molecule has 0 amide bonds. The Balaban J connectivity index is 2.06. The average molecular weight is 262 g/mol. The van der Waals surface area contributed by atoms with E-state index in [4.69, 9.17) is 0 Å². The van der Waals surface area contributed by atoms with Crippen LogP contribution in [-0.2, 0) is 12.3 Å². The van der Waals surface area contributed by atoms with Gasteiger partial charge in [-0.15, -0.1) is 16.9 Å². The minimum atomic E-state index is 0.817. The van der Waals surface area contributed by atoms with Crippen LogP contribution in [0, 0.1) is 13.8 Å². The lowest BCUT2D eigenvalue weighted by molar-refractivity contribution is 0.564. The Morgan fingerprint density at radius 2 is 2.11 bits per heavy atom. The van der Waals surface area contributed by atoms with Gasteiger partial charge in [0.05, 0.1) is 5.75 Å². The van der Waals surface area contributed by atoms with Crippen LogP contribution in [0.25, 0.3) is 0 Å². The Hall–Kier alpha value is -1.36. The van der Waals surface area contributed by atoms with E-state index in [1.165, 1.54) is 16.0 Å². The highest BCUT2D eigenvalue weighted by Gasteiger charge is 2.07. The summed E-state index contributed by atoms with van der Waals surface area (Å²) in [7, 11) is 0. The summed E-state index contributed by atoms with van der Waals surface area (Å²) in [4.78, 5) is 1.31. The largest absolute Gasteiger partial charge is 0.229 e. The minimum Gasteiger partial charge on any atom is -0.229 e. The van der Waals surface area contributed by atoms with Crippen LogP contribution >= 0.6 is 11.8 Å². The van der Waals surface area contributed by atoms with Crippen molar-refractivity contribution in [2.45, 2.75) is 44.4 Å². The number of hydrogen-bond donors (Lipinski definition) is 0. The molecule has 1 aromatic heterocycles. The number of aromatic nitrogens is 4. The summed E-state index contributed by atoms with van der Waals surface area (Å²) in [6.45, 7) is 7.26. The highest BCUT2D eigenvalue weighted by Crippen LogP contribution is 2.26. The quantitative estimate of drug-likeness (QED) is 0.777. The van der Waals surface area contributed by atoms with E-state index in [9.17, 15) is 0 Å². The van der Waals surface area contributed by atoms with Crippen molar-refractivity contribution in [1.29, 1.82) is 0 Å². The van der Waals surface area contributed by atoms with Crippen LogP contribution in [-0.4, -0.2) is 20.2 Å². The normalized spacial score (nSPS) is 10.8. The van der Waals surface area contributed by atoms with E-state index >= 15 is 0 Å². The van der Waals surface area contributed by atoms with Crippen molar-refractivity contribution in [3.05, 3.63) is 35.2 Å². The second-order valence-electron chi connectivity index (χ2n) is 4.38. The van der Waals surface area contributed by atoms with Gasteiger partial charge in [0.15, 0.2) is 5.82 Å². The summed E-state index contributed by atoms with van der Waals surface area (Å²) >= 11 is 1.80. The average Bonchev–Trinajstić information content (AvgIpc) is 2.78. The van der Waals surface area contributed by atoms with Gasteiger partial charge in [0.25, 0.3) is 0 Å². The molecule has 5 heteroatoms. The van der Waals surface area contributed by atoms with E-state index in [2.05, 4.69) is 54.5 Å². The van der Waals surface area contributed by atoms with Crippen LogP contribution in [0.15, 0.2) is 23.1 Å². The Kier molecular flexibility index (Phi) is 4.36. The molecule has 0 aliphatic rings. The van der Waals surface area contributed by atoms with E-state index in [1.807, 2.05) is 4.68 Å². The van der Waals surface area contributed by atoms with E-state index in [-0.39, 0.29) is 0 Å². The minimum absolute atomic E-state index is 0.817. The maximum Gasteiger partial charge on any atom is 0.161 e. The Morgan fingerprint density at radius 1 is 1.28 bits per heavy atom. The first-order valence-corrected chi connectivity index (χ1v) is 7.14. The van der Waals surface area contributed by atoms with Gasteiger partial charge >= 0.3 is 0 Å². The maximum atomic E-state index is 4.08. The molecule has 0 aliphatic carbocycles. The number of aryl methyl sites for hydroxylation is 3. The molecule has 2 aromatic rings. The topological polar surface area (TPSA) is 43.6 Å². The molecular weight excluding hydrogens is 244 g/mol. The lowest BCUT2D eigenvalue weighted by Crippen LogP contribution is -2.04. The first kappa shape index (κ1) is 13.1. The second kappa shape index (κ2) is 6.00. The summed E-state index contributed by atoms with van der Waals surface area (Å²) < 4.78 is 1.89. The smallest absolute Gasteiger partial charge is 0.161 e. The van der Waals surface area contributed by atoms with Gasteiger partial charge in [-0.2, -0.15) is 0 Å². The monoisotopic (exact) mass is 262 g/mol. The van der Waals surface area contributed by atoms with E-state index < -0.39 is 0 Å². The van der Waals surface area contributed by atoms with Crippen LogP contribution in [0.4, 0.5) is 0 Å². The molecule has 4 nitrogen and oxygen atoms in total. The number of nitrogens with zero attached hydrogens (tertiary/aromatic N) is 4. The summed E-state index contributed by atoms with van der Waals surface area (Å²) in [5, 5.41) is 11.8. The lowest BCUT2D eigenvalue weighted by atomic mass is 10.2. The number of tetrazole rings is 1. The first-order chi connectivity index (χ1) is 8.70. The molecule has 0 saturated carbocycles. The third-order valence-electron chi connectivity index (χ3n) is 2.74. The molecular formula is C13H18N4S. The molecule has 0 saturated heterocycles. The highest BCUT2D eigenvalue weighted by molar-refractivity contribution is 7.98. The highest BCUT2D eigenvalue weighted by atomic mass is 32.2. The summed E-state index contributed by atoms with van der Waals surface area (Å²) in [5.74, 6) is 1.76. The molecule has 96 valence electrons. The summed E-state index contributed by atoms with van der Waals surface area (Å²) in [5.41, 5.74) is 2.59. The van der Waals surface area contributed by atoms with Gasteiger partial charge in [-0.25, -0.2) is 4.68 Å². The predicted molar refractivity (Wildman–Crippen MR) is 73.6 cm³/mol. The third kappa shape index (κ3) is 3.10. The van der Waals surface area contributed by atoms with Crippen molar-refractivity contribution in [2.24, 2.45) is 0 Å². The number of benzene rings is 1. The van der Waals surface area contributed by atoms with Gasteiger partial charge in [-0.05, 0) is 42.3 Å². The fraction of sp³-hybridized carbons (Fsp3) is 0.462. The SMILES string of the molecule is CCCn1nnnc1CSc1cc(C)ccc1C.